The molecule has 5 heteroatoms. The van der Waals surface area contributed by atoms with Crippen LogP contribution < -0.4 is 10.6 Å². The van der Waals surface area contributed by atoms with Crippen LogP contribution >= 0.6 is 11.6 Å². The molecule has 0 atom stereocenters. The number of nitrogens with two attached hydrogens (primary N) is 1. The number of hydrogen-bond acceptors (Lipinski definition) is 4. The molecule has 16 heavy (non-hydrogen) atoms. The highest BCUT2D eigenvalue weighted by atomic mass is 35.5. The third kappa shape index (κ3) is 2.64. The van der Waals surface area contributed by atoms with E-state index >= 15 is 0 Å². The zero-order valence-electron chi connectivity index (χ0n) is 9.16. The Morgan fingerprint density at radius 1 is 1.44 bits per heavy atom. The van der Waals surface area contributed by atoms with Gasteiger partial charge >= 0.3 is 0 Å². The van der Waals surface area contributed by atoms with Gasteiger partial charge in [0.05, 0.1) is 11.6 Å². The Morgan fingerprint density at radius 3 is 3.06 bits per heavy atom. The van der Waals surface area contributed by atoms with Crippen LogP contribution in [-0.2, 0) is 11.3 Å². The number of nitrogens with zero attached hydrogens (tertiary/aromatic N) is 2. The fraction of sp³-hybridized carbons (Fsp3) is 0.545. The van der Waals surface area contributed by atoms with Crippen LogP contribution in [0, 0.1) is 0 Å². The number of pyridine rings is 1. The summed E-state index contributed by atoms with van der Waals surface area (Å²) in [5.74, 6) is 0.837. The normalized spacial score (nSPS) is 17.2. The number of halogens is 1. The summed E-state index contributed by atoms with van der Waals surface area (Å²) < 4.78 is 5.40. The molecule has 0 bridgehead atoms. The molecule has 88 valence electrons. The van der Waals surface area contributed by atoms with Gasteiger partial charge in [-0.2, -0.15) is 0 Å². The molecule has 0 radical (unpaired) electrons. The Bertz CT molecular complexity index is 351. The zero-order chi connectivity index (χ0) is 11.4. The Morgan fingerprint density at radius 2 is 2.31 bits per heavy atom. The van der Waals surface area contributed by atoms with Crippen molar-refractivity contribution in [3.05, 3.63) is 22.8 Å². The van der Waals surface area contributed by atoms with Crippen molar-refractivity contribution in [2.24, 2.45) is 5.73 Å². The second kappa shape index (κ2) is 5.48. The van der Waals surface area contributed by atoms with Crippen LogP contribution in [-0.4, -0.2) is 31.3 Å². The lowest BCUT2D eigenvalue weighted by molar-refractivity contribution is 0.152. The van der Waals surface area contributed by atoms with Gasteiger partial charge in [-0.1, -0.05) is 11.6 Å². The number of rotatable bonds is 2. The summed E-state index contributed by atoms with van der Waals surface area (Å²) in [4.78, 5) is 6.54. The van der Waals surface area contributed by atoms with Crippen LogP contribution in [0.4, 0.5) is 5.82 Å². The Kier molecular flexibility index (Phi) is 3.98. The molecular formula is C11H16ClN3O. The number of aromatic nitrogens is 1. The average Bonchev–Trinajstić information content (AvgIpc) is 2.57. The standard InChI is InChI=1S/C11H16ClN3O/c12-10-6-9(7-13)8-14-11(10)15-2-1-4-16-5-3-15/h6,8H,1-5,7,13H2. The van der Waals surface area contributed by atoms with Gasteiger partial charge in [-0.15, -0.1) is 0 Å². The van der Waals surface area contributed by atoms with Crippen molar-refractivity contribution < 1.29 is 4.74 Å². The molecule has 1 aromatic rings. The van der Waals surface area contributed by atoms with Crippen molar-refractivity contribution >= 4 is 17.4 Å². The van der Waals surface area contributed by atoms with E-state index in [-0.39, 0.29) is 0 Å². The van der Waals surface area contributed by atoms with Gasteiger partial charge in [-0.25, -0.2) is 4.98 Å². The van der Waals surface area contributed by atoms with E-state index in [1.165, 1.54) is 0 Å². The summed E-state index contributed by atoms with van der Waals surface area (Å²) in [6, 6.07) is 1.88. The molecule has 0 amide bonds. The molecule has 1 aromatic heterocycles. The van der Waals surface area contributed by atoms with Gasteiger partial charge < -0.3 is 15.4 Å². The Balaban J connectivity index is 2.18. The summed E-state index contributed by atoms with van der Waals surface area (Å²) in [5, 5.41) is 0.671. The first kappa shape index (κ1) is 11.6. The second-order valence-corrected chi connectivity index (χ2v) is 4.21. The first-order valence-electron chi connectivity index (χ1n) is 5.48. The van der Waals surface area contributed by atoms with Crippen LogP contribution in [0.5, 0.6) is 0 Å². The predicted octanol–water partition coefficient (Wildman–Crippen LogP) is 1.42. The molecule has 1 fully saturated rings. The van der Waals surface area contributed by atoms with E-state index in [1.54, 1.807) is 6.20 Å². The minimum Gasteiger partial charge on any atom is -0.380 e. The quantitative estimate of drug-likeness (QED) is 0.851. The molecule has 2 rings (SSSR count). The molecule has 2 heterocycles. The number of anilines is 1. The van der Waals surface area contributed by atoms with E-state index < -0.39 is 0 Å². The van der Waals surface area contributed by atoms with E-state index in [9.17, 15) is 0 Å². The molecule has 0 spiro atoms. The summed E-state index contributed by atoms with van der Waals surface area (Å²) in [6.07, 6.45) is 2.80. The highest BCUT2D eigenvalue weighted by Gasteiger charge is 2.14. The topological polar surface area (TPSA) is 51.4 Å². The van der Waals surface area contributed by atoms with Gasteiger partial charge in [-0.05, 0) is 18.1 Å². The first-order chi connectivity index (χ1) is 7.81. The fourth-order valence-electron chi connectivity index (χ4n) is 1.77. The zero-order valence-corrected chi connectivity index (χ0v) is 9.91. The van der Waals surface area contributed by atoms with Crippen molar-refractivity contribution in [2.45, 2.75) is 13.0 Å². The maximum absolute atomic E-state index is 6.19. The molecule has 1 aliphatic rings. The van der Waals surface area contributed by atoms with Crippen molar-refractivity contribution in [1.29, 1.82) is 0 Å². The Labute approximate surface area is 100 Å². The highest BCUT2D eigenvalue weighted by molar-refractivity contribution is 6.33. The largest absolute Gasteiger partial charge is 0.380 e. The lowest BCUT2D eigenvalue weighted by atomic mass is 10.2. The van der Waals surface area contributed by atoms with E-state index in [4.69, 9.17) is 22.1 Å². The predicted molar refractivity (Wildman–Crippen MR) is 64.8 cm³/mol. The van der Waals surface area contributed by atoms with Crippen LogP contribution in [0.1, 0.15) is 12.0 Å². The maximum Gasteiger partial charge on any atom is 0.147 e. The van der Waals surface area contributed by atoms with Crippen molar-refractivity contribution in [3.63, 3.8) is 0 Å². The molecule has 2 N–H and O–H groups in total. The third-order valence-corrected chi connectivity index (χ3v) is 2.91. The molecule has 1 saturated heterocycles. The lowest BCUT2D eigenvalue weighted by Crippen LogP contribution is -2.27. The SMILES string of the molecule is NCc1cnc(N2CCCOCC2)c(Cl)c1. The maximum atomic E-state index is 6.19. The average molecular weight is 242 g/mol. The number of ether oxygens (including phenoxy) is 1. The fourth-order valence-corrected chi connectivity index (χ4v) is 2.08. The molecule has 4 nitrogen and oxygen atoms in total. The van der Waals surface area contributed by atoms with Crippen molar-refractivity contribution in [1.82, 2.24) is 4.98 Å². The van der Waals surface area contributed by atoms with Gasteiger partial charge in [0.2, 0.25) is 0 Å². The van der Waals surface area contributed by atoms with Gasteiger partial charge in [-0.3, -0.25) is 0 Å². The summed E-state index contributed by atoms with van der Waals surface area (Å²) in [6.45, 7) is 3.80. The monoisotopic (exact) mass is 241 g/mol. The molecular weight excluding hydrogens is 226 g/mol. The van der Waals surface area contributed by atoms with Crippen LogP contribution in [0.2, 0.25) is 5.02 Å². The minimum atomic E-state index is 0.468. The third-order valence-electron chi connectivity index (χ3n) is 2.64. The first-order valence-corrected chi connectivity index (χ1v) is 5.86. The van der Waals surface area contributed by atoms with E-state index in [0.29, 0.717) is 11.6 Å². The van der Waals surface area contributed by atoms with E-state index in [2.05, 4.69) is 9.88 Å². The van der Waals surface area contributed by atoms with E-state index in [0.717, 1.165) is 44.1 Å². The summed E-state index contributed by atoms with van der Waals surface area (Å²) >= 11 is 6.19. The second-order valence-electron chi connectivity index (χ2n) is 3.81. The molecule has 0 unspecified atom stereocenters. The van der Waals surface area contributed by atoms with Gasteiger partial charge in [0.25, 0.3) is 0 Å². The minimum absolute atomic E-state index is 0.468. The van der Waals surface area contributed by atoms with Gasteiger partial charge in [0.1, 0.15) is 5.82 Å². The van der Waals surface area contributed by atoms with E-state index in [1.807, 2.05) is 6.07 Å². The van der Waals surface area contributed by atoms with Gasteiger partial charge in [0, 0.05) is 32.4 Å². The van der Waals surface area contributed by atoms with Crippen molar-refractivity contribution in [3.8, 4) is 0 Å². The van der Waals surface area contributed by atoms with Gasteiger partial charge in [0.15, 0.2) is 0 Å². The van der Waals surface area contributed by atoms with Crippen LogP contribution in [0.15, 0.2) is 12.3 Å². The lowest BCUT2D eigenvalue weighted by Gasteiger charge is -2.21. The smallest absolute Gasteiger partial charge is 0.147 e. The molecule has 1 aliphatic heterocycles. The summed E-state index contributed by atoms with van der Waals surface area (Å²) in [7, 11) is 0. The summed E-state index contributed by atoms with van der Waals surface area (Å²) in [5.41, 5.74) is 6.50. The Hall–Kier alpha value is -0.840. The highest BCUT2D eigenvalue weighted by Crippen LogP contribution is 2.24. The van der Waals surface area contributed by atoms with Crippen molar-refractivity contribution in [2.75, 3.05) is 31.2 Å². The molecule has 0 saturated carbocycles. The number of hydrogen-bond donors (Lipinski definition) is 1. The van der Waals surface area contributed by atoms with Crippen LogP contribution in [0.3, 0.4) is 0 Å². The molecule has 0 aliphatic carbocycles. The molecule has 0 aromatic carbocycles. The van der Waals surface area contributed by atoms with Crippen LogP contribution in [0.25, 0.3) is 0 Å².